The number of H-pyrrole nitrogens is 1. The zero-order valence-electron chi connectivity index (χ0n) is 12.6. The van der Waals surface area contributed by atoms with Crippen molar-refractivity contribution in [1.29, 1.82) is 5.26 Å². The van der Waals surface area contributed by atoms with Crippen molar-refractivity contribution in [3.8, 4) is 6.07 Å². The number of hydrogen-bond acceptors (Lipinski definition) is 5. The Morgan fingerprint density at radius 3 is 2.64 bits per heavy atom. The van der Waals surface area contributed by atoms with Gasteiger partial charge in [-0.2, -0.15) is 5.26 Å². The molecule has 2 aromatic carbocycles. The molecule has 0 aliphatic heterocycles. The van der Waals surface area contributed by atoms with Gasteiger partial charge < -0.3 is 4.98 Å². The lowest BCUT2D eigenvalue weighted by Crippen LogP contribution is -2.11. The Bertz CT molecular complexity index is 1110. The van der Waals surface area contributed by atoms with Crippen LogP contribution in [0, 0.1) is 21.4 Å². The van der Waals surface area contributed by atoms with Gasteiger partial charge in [0.2, 0.25) is 0 Å². The maximum Gasteiger partial charge on any atom is 0.269 e. The molecule has 0 aliphatic rings. The molecule has 1 heterocycles. The summed E-state index contributed by atoms with van der Waals surface area (Å²) in [5.74, 6) is 0.140. The van der Waals surface area contributed by atoms with Crippen LogP contribution in [0.1, 0.15) is 11.4 Å². The number of hydrogen-bond donors (Lipinski definition) is 1. The molecule has 0 aliphatic carbocycles. The van der Waals surface area contributed by atoms with Crippen LogP contribution >= 0.6 is 15.9 Å². The maximum atomic E-state index is 12.2. The third kappa shape index (κ3) is 3.46. The van der Waals surface area contributed by atoms with E-state index in [-0.39, 0.29) is 22.6 Å². The Kier molecular flexibility index (Phi) is 4.41. The van der Waals surface area contributed by atoms with E-state index >= 15 is 0 Å². The van der Waals surface area contributed by atoms with Gasteiger partial charge in [0.15, 0.2) is 5.82 Å². The van der Waals surface area contributed by atoms with E-state index < -0.39 is 4.92 Å². The molecule has 1 N–H and O–H groups in total. The van der Waals surface area contributed by atoms with E-state index in [2.05, 4.69) is 25.9 Å². The number of halogens is 1. The Labute approximate surface area is 149 Å². The Morgan fingerprint density at radius 2 is 2.00 bits per heavy atom. The molecule has 0 saturated heterocycles. The number of nitrogens with zero attached hydrogens (tertiary/aromatic N) is 3. The topological polar surface area (TPSA) is 113 Å². The fourth-order valence-electron chi connectivity index (χ4n) is 2.25. The summed E-state index contributed by atoms with van der Waals surface area (Å²) in [5.41, 5.74) is 0.799. The molecule has 0 fully saturated rings. The minimum absolute atomic E-state index is 0.0431. The lowest BCUT2D eigenvalue weighted by Gasteiger charge is -2.03. The number of aromatic nitrogens is 2. The highest BCUT2D eigenvalue weighted by Crippen LogP contribution is 2.20. The van der Waals surface area contributed by atoms with Gasteiger partial charge in [0, 0.05) is 16.6 Å². The second-order valence-corrected chi connectivity index (χ2v) is 6.01. The number of nitrogens with one attached hydrogen (secondary N) is 1. The molecule has 8 heteroatoms. The van der Waals surface area contributed by atoms with E-state index in [9.17, 15) is 20.2 Å². The number of allylic oxidation sites excluding steroid dienone is 1. The number of nitriles is 1. The van der Waals surface area contributed by atoms with Gasteiger partial charge in [0.25, 0.3) is 11.2 Å². The van der Waals surface area contributed by atoms with Crippen LogP contribution in [0.25, 0.3) is 22.6 Å². The third-order valence-corrected chi connectivity index (χ3v) is 3.95. The van der Waals surface area contributed by atoms with Gasteiger partial charge >= 0.3 is 0 Å². The van der Waals surface area contributed by atoms with Crippen molar-refractivity contribution in [2.24, 2.45) is 0 Å². The SMILES string of the molecule is N#C/C(=C\c1ccc([N+](=O)[O-])cc1)c1nc2ccc(Br)cc2c(=O)[nH]1. The van der Waals surface area contributed by atoms with E-state index in [1.807, 2.05) is 6.07 Å². The molecule has 0 saturated carbocycles. The maximum absolute atomic E-state index is 12.2. The molecule has 25 heavy (non-hydrogen) atoms. The van der Waals surface area contributed by atoms with Crippen LogP contribution in [0.4, 0.5) is 5.69 Å². The van der Waals surface area contributed by atoms with E-state index in [1.54, 1.807) is 18.2 Å². The van der Waals surface area contributed by atoms with Crippen molar-refractivity contribution in [1.82, 2.24) is 9.97 Å². The Hall–Kier alpha value is -3.31. The lowest BCUT2D eigenvalue weighted by atomic mass is 10.1. The summed E-state index contributed by atoms with van der Waals surface area (Å²) >= 11 is 3.30. The smallest absolute Gasteiger partial charge is 0.269 e. The molecular formula is C17H9BrN4O3. The fraction of sp³-hybridized carbons (Fsp3) is 0. The molecule has 7 nitrogen and oxygen atoms in total. The molecule has 122 valence electrons. The highest BCUT2D eigenvalue weighted by atomic mass is 79.9. The summed E-state index contributed by atoms with van der Waals surface area (Å²) in [5, 5.41) is 20.5. The first-order valence-corrected chi connectivity index (χ1v) is 7.83. The van der Waals surface area contributed by atoms with Gasteiger partial charge in [-0.25, -0.2) is 4.98 Å². The predicted molar refractivity (Wildman–Crippen MR) is 96.6 cm³/mol. The molecule has 1 aromatic heterocycles. The zero-order chi connectivity index (χ0) is 18.0. The summed E-state index contributed by atoms with van der Waals surface area (Å²) in [4.78, 5) is 29.3. The number of rotatable bonds is 3. The monoisotopic (exact) mass is 396 g/mol. The molecule has 0 radical (unpaired) electrons. The standard InChI is InChI=1S/C17H9BrN4O3/c18-12-3-6-15-14(8-12)17(23)21-16(20-15)11(9-19)7-10-1-4-13(5-2-10)22(24)25/h1-8H,(H,20,21,23)/b11-7+. The summed E-state index contributed by atoms with van der Waals surface area (Å²) in [6.07, 6.45) is 1.51. The van der Waals surface area contributed by atoms with Gasteiger partial charge in [0.05, 0.1) is 21.4 Å². The van der Waals surface area contributed by atoms with Crippen LogP contribution in [0.2, 0.25) is 0 Å². The predicted octanol–water partition coefficient (Wildman–Crippen LogP) is 3.66. The molecule has 0 atom stereocenters. The third-order valence-electron chi connectivity index (χ3n) is 3.46. The second kappa shape index (κ2) is 6.67. The minimum atomic E-state index is -0.501. The lowest BCUT2D eigenvalue weighted by molar-refractivity contribution is -0.384. The van der Waals surface area contributed by atoms with Crippen LogP contribution in [-0.4, -0.2) is 14.9 Å². The quantitative estimate of drug-likeness (QED) is 0.412. The normalized spacial score (nSPS) is 11.3. The van der Waals surface area contributed by atoms with Crippen LogP contribution in [-0.2, 0) is 0 Å². The first-order chi connectivity index (χ1) is 12.0. The van der Waals surface area contributed by atoms with Gasteiger partial charge in [-0.1, -0.05) is 15.9 Å². The molecule has 0 unspecified atom stereocenters. The van der Waals surface area contributed by atoms with E-state index in [0.717, 1.165) is 4.47 Å². The highest BCUT2D eigenvalue weighted by Gasteiger charge is 2.09. The van der Waals surface area contributed by atoms with E-state index in [4.69, 9.17) is 0 Å². The van der Waals surface area contributed by atoms with Gasteiger partial charge in [-0.3, -0.25) is 14.9 Å². The average molecular weight is 397 g/mol. The molecular weight excluding hydrogens is 388 g/mol. The van der Waals surface area contributed by atoms with E-state index in [0.29, 0.717) is 16.5 Å². The van der Waals surface area contributed by atoms with Crippen LogP contribution in [0.3, 0.4) is 0 Å². The second-order valence-electron chi connectivity index (χ2n) is 5.09. The Balaban J connectivity index is 2.08. The largest absolute Gasteiger partial charge is 0.305 e. The highest BCUT2D eigenvalue weighted by molar-refractivity contribution is 9.10. The van der Waals surface area contributed by atoms with Crippen molar-refractivity contribution in [2.45, 2.75) is 0 Å². The number of non-ortho nitro benzene ring substituents is 1. The van der Waals surface area contributed by atoms with Crippen molar-refractivity contribution in [2.75, 3.05) is 0 Å². The Morgan fingerprint density at radius 1 is 1.28 bits per heavy atom. The first-order valence-electron chi connectivity index (χ1n) is 7.04. The summed E-state index contributed by atoms with van der Waals surface area (Å²) in [6.45, 7) is 0. The average Bonchev–Trinajstić information content (AvgIpc) is 2.60. The summed E-state index contributed by atoms with van der Waals surface area (Å²) in [7, 11) is 0. The number of benzene rings is 2. The van der Waals surface area contributed by atoms with Crippen molar-refractivity contribution < 1.29 is 4.92 Å². The van der Waals surface area contributed by atoms with Crippen molar-refractivity contribution in [3.05, 3.63) is 78.8 Å². The zero-order valence-corrected chi connectivity index (χ0v) is 14.1. The van der Waals surface area contributed by atoms with Gasteiger partial charge in [-0.05, 0) is 42.0 Å². The number of nitro groups is 1. The molecule has 0 bridgehead atoms. The fourth-order valence-corrected chi connectivity index (χ4v) is 2.61. The van der Waals surface area contributed by atoms with Crippen molar-refractivity contribution >= 4 is 44.2 Å². The molecule has 0 spiro atoms. The summed E-state index contributed by atoms with van der Waals surface area (Å²) in [6, 6.07) is 12.8. The number of aromatic amines is 1. The first kappa shape index (κ1) is 16.5. The summed E-state index contributed by atoms with van der Waals surface area (Å²) < 4.78 is 0.752. The number of fused-ring (bicyclic) bond motifs is 1. The van der Waals surface area contributed by atoms with E-state index in [1.165, 1.54) is 30.3 Å². The van der Waals surface area contributed by atoms with Crippen LogP contribution in [0.5, 0.6) is 0 Å². The molecule has 0 amide bonds. The minimum Gasteiger partial charge on any atom is -0.305 e. The molecule has 3 rings (SSSR count). The van der Waals surface area contributed by atoms with Crippen molar-refractivity contribution in [3.63, 3.8) is 0 Å². The molecule has 3 aromatic rings. The van der Waals surface area contributed by atoms with Gasteiger partial charge in [-0.15, -0.1) is 0 Å². The van der Waals surface area contributed by atoms with Crippen LogP contribution in [0.15, 0.2) is 51.7 Å². The van der Waals surface area contributed by atoms with Gasteiger partial charge in [0.1, 0.15) is 6.07 Å². The van der Waals surface area contributed by atoms with Crippen LogP contribution < -0.4 is 5.56 Å². The number of nitro benzene ring substituents is 1.